The van der Waals surface area contributed by atoms with Crippen LogP contribution in [-0.2, 0) is 9.53 Å². The lowest BCUT2D eigenvalue weighted by molar-refractivity contribution is -0.140. The molecule has 1 aromatic rings. The zero-order valence-electron chi connectivity index (χ0n) is 10.6. The fourth-order valence-corrected chi connectivity index (χ4v) is 1.51. The summed E-state index contributed by atoms with van der Waals surface area (Å²) in [6, 6.07) is 3.92. The monoisotopic (exact) mass is 255 g/mol. The van der Waals surface area contributed by atoms with E-state index in [1.54, 1.807) is 13.0 Å². The van der Waals surface area contributed by atoms with Crippen LogP contribution in [0.25, 0.3) is 0 Å². The Bertz CT molecular complexity index is 407. The van der Waals surface area contributed by atoms with Crippen LogP contribution in [0.5, 0.6) is 5.75 Å². The largest absolute Gasteiger partial charge is 0.493 e. The van der Waals surface area contributed by atoms with Crippen LogP contribution in [-0.4, -0.2) is 19.7 Å². The molecule has 1 atom stereocenters. The predicted octanol–water partition coefficient (Wildman–Crippen LogP) is 2.18. The average molecular weight is 255 g/mol. The van der Waals surface area contributed by atoms with Crippen molar-refractivity contribution in [2.75, 3.05) is 13.7 Å². The van der Waals surface area contributed by atoms with E-state index in [1.165, 1.54) is 19.2 Å². The van der Waals surface area contributed by atoms with Crippen LogP contribution in [0.4, 0.5) is 4.39 Å². The van der Waals surface area contributed by atoms with Gasteiger partial charge in [0, 0.05) is 18.0 Å². The molecule has 0 aromatic heterocycles. The molecule has 0 saturated carbocycles. The summed E-state index contributed by atoms with van der Waals surface area (Å²) in [5.41, 5.74) is 6.36. The third kappa shape index (κ3) is 4.33. The van der Waals surface area contributed by atoms with Crippen molar-refractivity contribution >= 4 is 5.97 Å². The number of hydrogen-bond donors (Lipinski definition) is 1. The molecule has 0 radical (unpaired) electrons. The van der Waals surface area contributed by atoms with Gasteiger partial charge < -0.3 is 15.2 Å². The molecule has 0 amide bonds. The first-order valence-electron chi connectivity index (χ1n) is 5.79. The lowest BCUT2D eigenvalue weighted by Crippen LogP contribution is -2.10. The molecule has 2 N–H and O–H groups in total. The number of hydrogen-bond acceptors (Lipinski definition) is 4. The number of carbonyl (C=O) groups is 1. The van der Waals surface area contributed by atoms with E-state index in [0.717, 1.165) is 0 Å². The summed E-state index contributed by atoms with van der Waals surface area (Å²) < 4.78 is 23.1. The van der Waals surface area contributed by atoms with Crippen LogP contribution < -0.4 is 10.5 Å². The number of rotatable bonds is 6. The number of benzene rings is 1. The number of ether oxygens (including phenoxy) is 2. The second kappa shape index (κ2) is 6.96. The highest BCUT2D eigenvalue weighted by molar-refractivity contribution is 5.69. The molecule has 0 unspecified atom stereocenters. The minimum Gasteiger partial charge on any atom is -0.493 e. The Hall–Kier alpha value is -1.62. The third-order valence-electron chi connectivity index (χ3n) is 2.47. The molecule has 0 aliphatic carbocycles. The lowest BCUT2D eigenvalue weighted by Gasteiger charge is -2.13. The smallest absolute Gasteiger partial charge is 0.305 e. The van der Waals surface area contributed by atoms with Gasteiger partial charge in [0.25, 0.3) is 0 Å². The predicted molar refractivity (Wildman–Crippen MR) is 65.7 cm³/mol. The van der Waals surface area contributed by atoms with Crippen molar-refractivity contribution in [3.63, 3.8) is 0 Å². The summed E-state index contributed by atoms with van der Waals surface area (Å²) in [5, 5.41) is 0. The second-order valence-electron chi connectivity index (χ2n) is 4.00. The van der Waals surface area contributed by atoms with E-state index >= 15 is 0 Å². The molecule has 0 aliphatic rings. The molecule has 1 aromatic carbocycles. The molecule has 5 heteroatoms. The van der Waals surface area contributed by atoms with Gasteiger partial charge in [0.15, 0.2) is 0 Å². The van der Waals surface area contributed by atoms with Crippen LogP contribution in [0, 0.1) is 5.82 Å². The van der Waals surface area contributed by atoms with Crippen molar-refractivity contribution in [2.45, 2.75) is 25.8 Å². The van der Waals surface area contributed by atoms with E-state index in [4.69, 9.17) is 10.5 Å². The number of carbonyl (C=O) groups excluding carboxylic acids is 1. The highest BCUT2D eigenvalue weighted by Gasteiger charge is 2.09. The molecule has 0 aliphatic heterocycles. The van der Waals surface area contributed by atoms with E-state index in [1.807, 2.05) is 0 Å². The molecule has 0 saturated heterocycles. The van der Waals surface area contributed by atoms with Gasteiger partial charge in [0.05, 0.1) is 13.7 Å². The van der Waals surface area contributed by atoms with Crippen LogP contribution in [0.1, 0.15) is 31.4 Å². The summed E-state index contributed by atoms with van der Waals surface area (Å²) in [5.74, 6) is -0.0643. The Morgan fingerprint density at radius 1 is 1.50 bits per heavy atom. The van der Waals surface area contributed by atoms with E-state index in [-0.39, 0.29) is 17.8 Å². The van der Waals surface area contributed by atoms with Gasteiger partial charge in [-0.05, 0) is 31.5 Å². The average Bonchev–Trinajstić information content (AvgIpc) is 2.35. The first kappa shape index (κ1) is 14.4. The molecule has 18 heavy (non-hydrogen) atoms. The first-order valence-corrected chi connectivity index (χ1v) is 5.79. The van der Waals surface area contributed by atoms with Gasteiger partial charge in [0.1, 0.15) is 11.6 Å². The van der Waals surface area contributed by atoms with Crippen LogP contribution in [0.15, 0.2) is 18.2 Å². The molecule has 0 heterocycles. The minimum absolute atomic E-state index is 0.273. The molecular weight excluding hydrogens is 237 g/mol. The van der Waals surface area contributed by atoms with Crippen molar-refractivity contribution in [3.05, 3.63) is 29.6 Å². The molecule has 4 nitrogen and oxygen atoms in total. The van der Waals surface area contributed by atoms with Crippen molar-refractivity contribution in [1.82, 2.24) is 0 Å². The van der Waals surface area contributed by atoms with Crippen molar-refractivity contribution in [1.29, 1.82) is 0 Å². The Morgan fingerprint density at radius 2 is 2.22 bits per heavy atom. The summed E-state index contributed by atoms with van der Waals surface area (Å²) in [4.78, 5) is 10.9. The number of halogens is 1. The molecular formula is C13H18FNO3. The minimum atomic E-state index is -0.343. The van der Waals surface area contributed by atoms with Crippen LogP contribution in [0.3, 0.4) is 0 Å². The van der Waals surface area contributed by atoms with E-state index < -0.39 is 0 Å². The van der Waals surface area contributed by atoms with Crippen molar-refractivity contribution < 1.29 is 18.7 Å². The topological polar surface area (TPSA) is 61.5 Å². The molecule has 0 fully saturated rings. The SMILES string of the molecule is COC(=O)CCCOc1ccc(F)cc1[C@H](C)N. The summed E-state index contributed by atoms with van der Waals surface area (Å²) >= 11 is 0. The highest BCUT2D eigenvalue weighted by atomic mass is 19.1. The Kier molecular flexibility index (Phi) is 5.58. The summed E-state index contributed by atoms with van der Waals surface area (Å²) in [7, 11) is 1.34. The number of esters is 1. The van der Waals surface area contributed by atoms with E-state index in [0.29, 0.717) is 30.8 Å². The number of nitrogens with two attached hydrogens (primary N) is 1. The molecule has 0 bridgehead atoms. The Balaban J connectivity index is 2.54. The van der Waals surface area contributed by atoms with E-state index in [9.17, 15) is 9.18 Å². The fraction of sp³-hybridized carbons (Fsp3) is 0.462. The third-order valence-corrected chi connectivity index (χ3v) is 2.47. The maximum atomic E-state index is 13.1. The van der Waals surface area contributed by atoms with Gasteiger partial charge >= 0.3 is 5.97 Å². The van der Waals surface area contributed by atoms with Crippen LogP contribution >= 0.6 is 0 Å². The van der Waals surface area contributed by atoms with Crippen LogP contribution in [0.2, 0.25) is 0 Å². The molecule has 1 rings (SSSR count). The zero-order chi connectivity index (χ0) is 13.5. The number of methoxy groups -OCH3 is 1. The maximum Gasteiger partial charge on any atom is 0.305 e. The zero-order valence-corrected chi connectivity index (χ0v) is 10.6. The van der Waals surface area contributed by atoms with Gasteiger partial charge in [-0.25, -0.2) is 4.39 Å². The van der Waals surface area contributed by atoms with Crippen molar-refractivity contribution in [3.8, 4) is 5.75 Å². The normalized spacial score (nSPS) is 12.0. The van der Waals surface area contributed by atoms with Gasteiger partial charge in [-0.2, -0.15) is 0 Å². The lowest BCUT2D eigenvalue weighted by atomic mass is 10.1. The molecule has 0 spiro atoms. The van der Waals surface area contributed by atoms with Crippen molar-refractivity contribution in [2.24, 2.45) is 5.73 Å². The summed E-state index contributed by atoms with van der Waals surface area (Å²) in [6.07, 6.45) is 0.841. The Morgan fingerprint density at radius 3 is 2.83 bits per heavy atom. The van der Waals surface area contributed by atoms with Gasteiger partial charge in [-0.3, -0.25) is 4.79 Å². The van der Waals surface area contributed by atoms with E-state index in [2.05, 4.69) is 4.74 Å². The maximum absolute atomic E-state index is 13.1. The Labute approximate surface area is 106 Å². The summed E-state index contributed by atoms with van der Waals surface area (Å²) in [6.45, 7) is 2.12. The molecule has 100 valence electrons. The van der Waals surface area contributed by atoms with Gasteiger partial charge in [-0.15, -0.1) is 0 Å². The standard InChI is InChI=1S/C13H18FNO3/c1-9(15)11-8-10(14)5-6-12(11)18-7-3-4-13(16)17-2/h5-6,8-9H,3-4,7,15H2,1-2H3/t9-/m0/s1. The fourth-order valence-electron chi connectivity index (χ4n) is 1.51. The quantitative estimate of drug-likeness (QED) is 0.625. The van der Waals surface area contributed by atoms with Gasteiger partial charge in [0.2, 0.25) is 0 Å². The highest BCUT2D eigenvalue weighted by Crippen LogP contribution is 2.24. The second-order valence-corrected chi connectivity index (χ2v) is 4.00. The van der Waals surface area contributed by atoms with Gasteiger partial charge in [-0.1, -0.05) is 0 Å². The first-order chi connectivity index (χ1) is 8.54.